The van der Waals surface area contributed by atoms with Gasteiger partial charge in [-0.1, -0.05) is 30.3 Å². The number of halogens is 1. The molecule has 120 valence electrons. The number of rotatable bonds is 3. The molecule has 0 atom stereocenters. The van der Waals surface area contributed by atoms with Crippen LogP contribution in [0.4, 0.5) is 5.95 Å². The van der Waals surface area contributed by atoms with E-state index in [-0.39, 0.29) is 11.6 Å². The lowest BCUT2D eigenvalue weighted by Crippen LogP contribution is -2.51. The zero-order chi connectivity index (χ0) is 16.5. The van der Waals surface area contributed by atoms with Crippen molar-refractivity contribution in [2.45, 2.75) is 6.04 Å². The van der Waals surface area contributed by atoms with Gasteiger partial charge in [0.15, 0.2) is 0 Å². The summed E-state index contributed by atoms with van der Waals surface area (Å²) in [5, 5.41) is 4.54. The Hall–Kier alpha value is -2.54. The Morgan fingerprint density at radius 3 is 2.42 bits per heavy atom. The molecular formula is C17H14BrN5O. The molecule has 1 saturated heterocycles. The predicted octanol–water partition coefficient (Wildman–Crippen LogP) is 2.52. The fraction of sp³-hybridized carbons (Fsp3) is 0.176. The quantitative estimate of drug-likeness (QED) is 0.695. The van der Waals surface area contributed by atoms with Crippen LogP contribution in [0, 0.1) is 0 Å². The first-order valence-electron chi connectivity index (χ1n) is 7.58. The molecule has 3 aromatic rings. The number of nitrogens with zero attached hydrogens (tertiary/aromatic N) is 5. The van der Waals surface area contributed by atoms with Gasteiger partial charge in [0.25, 0.3) is 5.56 Å². The first kappa shape index (κ1) is 15.0. The van der Waals surface area contributed by atoms with E-state index in [9.17, 15) is 4.79 Å². The summed E-state index contributed by atoms with van der Waals surface area (Å²) in [5.74, 6) is 0.668. The Balaban J connectivity index is 1.55. The Morgan fingerprint density at radius 1 is 1.00 bits per heavy atom. The van der Waals surface area contributed by atoms with E-state index >= 15 is 0 Å². The molecule has 0 bridgehead atoms. The van der Waals surface area contributed by atoms with Gasteiger partial charge in [0.05, 0.1) is 16.2 Å². The fourth-order valence-electron chi connectivity index (χ4n) is 2.69. The van der Waals surface area contributed by atoms with Crippen LogP contribution >= 0.6 is 15.9 Å². The van der Waals surface area contributed by atoms with Gasteiger partial charge in [-0.2, -0.15) is 5.10 Å². The molecule has 0 radical (unpaired) electrons. The normalized spacial score (nSPS) is 14.5. The van der Waals surface area contributed by atoms with E-state index in [2.05, 4.69) is 31.0 Å². The summed E-state index contributed by atoms with van der Waals surface area (Å²) in [6.45, 7) is 1.35. The molecule has 1 fully saturated rings. The Bertz CT molecular complexity index is 904. The minimum atomic E-state index is -0.0870. The van der Waals surface area contributed by atoms with Crippen molar-refractivity contribution in [2.75, 3.05) is 18.0 Å². The summed E-state index contributed by atoms with van der Waals surface area (Å²) in [6, 6.07) is 13.2. The summed E-state index contributed by atoms with van der Waals surface area (Å²) in [5.41, 5.74) is 1.71. The van der Waals surface area contributed by atoms with Gasteiger partial charge in [-0.25, -0.2) is 14.6 Å². The summed E-state index contributed by atoms with van der Waals surface area (Å²) in [4.78, 5) is 22.7. The third-order valence-corrected chi connectivity index (χ3v) is 4.40. The van der Waals surface area contributed by atoms with Crippen molar-refractivity contribution in [3.05, 3.63) is 69.7 Å². The monoisotopic (exact) mass is 383 g/mol. The highest BCUT2D eigenvalue weighted by atomic mass is 79.9. The molecule has 1 aliphatic heterocycles. The van der Waals surface area contributed by atoms with Crippen molar-refractivity contribution < 1.29 is 0 Å². The average Bonchev–Trinajstić information content (AvgIpc) is 2.58. The van der Waals surface area contributed by atoms with Crippen LogP contribution in [0.25, 0.3) is 11.3 Å². The van der Waals surface area contributed by atoms with E-state index in [0.29, 0.717) is 19.0 Å². The lowest BCUT2D eigenvalue weighted by molar-refractivity contribution is 0.350. The van der Waals surface area contributed by atoms with Crippen molar-refractivity contribution in [3.8, 4) is 11.3 Å². The molecule has 24 heavy (non-hydrogen) atoms. The first-order chi connectivity index (χ1) is 11.7. The average molecular weight is 384 g/mol. The standard InChI is InChI=1S/C17H14BrN5O/c18-13-8-19-17(20-9-13)22-10-14(11-22)23-16(24)7-6-15(21-23)12-4-2-1-3-5-12/h1-9,14H,10-11H2. The van der Waals surface area contributed by atoms with Crippen molar-refractivity contribution in [2.24, 2.45) is 0 Å². The summed E-state index contributed by atoms with van der Waals surface area (Å²) in [6.07, 6.45) is 3.44. The van der Waals surface area contributed by atoms with Crippen molar-refractivity contribution >= 4 is 21.9 Å². The number of hydrogen-bond donors (Lipinski definition) is 0. The van der Waals surface area contributed by atoms with E-state index in [1.165, 1.54) is 0 Å². The van der Waals surface area contributed by atoms with Crippen LogP contribution in [0.3, 0.4) is 0 Å². The van der Waals surface area contributed by atoms with E-state index in [1.54, 1.807) is 29.2 Å². The highest BCUT2D eigenvalue weighted by Crippen LogP contribution is 2.24. The number of anilines is 1. The van der Waals surface area contributed by atoms with Crippen molar-refractivity contribution in [1.29, 1.82) is 0 Å². The molecule has 4 rings (SSSR count). The highest BCUT2D eigenvalue weighted by Gasteiger charge is 2.31. The Kier molecular flexibility index (Phi) is 3.86. The second kappa shape index (κ2) is 6.16. The number of hydrogen-bond acceptors (Lipinski definition) is 5. The first-order valence-corrected chi connectivity index (χ1v) is 8.38. The molecule has 0 spiro atoms. The largest absolute Gasteiger partial charge is 0.336 e. The van der Waals surface area contributed by atoms with Gasteiger partial charge in [0.1, 0.15) is 0 Å². The van der Waals surface area contributed by atoms with Gasteiger partial charge in [0, 0.05) is 37.1 Å². The molecule has 2 aromatic heterocycles. The zero-order valence-corrected chi connectivity index (χ0v) is 14.3. The molecule has 1 aliphatic rings. The lowest BCUT2D eigenvalue weighted by Gasteiger charge is -2.39. The molecule has 1 aromatic carbocycles. The fourth-order valence-corrected chi connectivity index (χ4v) is 2.90. The van der Waals surface area contributed by atoms with Gasteiger partial charge in [-0.05, 0) is 22.0 Å². The second-order valence-electron chi connectivity index (χ2n) is 5.63. The van der Waals surface area contributed by atoms with E-state index < -0.39 is 0 Å². The second-order valence-corrected chi connectivity index (χ2v) is 6.54. The van der Waals surface area contributed by atoms with Crippen molar-refractivity contribution in [1.82, 2.24) is 19.7 Å². The summed E-state index contributed by atoms with van der Waals surface area (Å²) < 4.78 is 2.41. The molecule has 6 nitrogen and oxygen atoms in total. The molecule has 0 N–H and O–H groups in total. The molecule has 0 aliphatic carbocycles. The zero-order valence-electron chi connectivity index (χ0n) is 12.7. The topological polar surface area (TPSA) is 63.9 Å². The number of benzene rings is 1. The maximum Gasteiger partial charge on any atom is 0.267 e. The van der Waals surface area contributed by atoms with Gasteiger partial charge in [-0.15, -0.1) is 0 Å². The maximum atomic E-state index is 12.2. The molecule has 3 heterocycles. The minimum Gasteiger partial charge on any atom is -0.336 e. The van der Waals surface area contributed by atoms with E-state index in [0.717, 1.165) is 15.7 Å². The predicted molar refractivity (Wildman–Crippen MR) is 94.9 cm³/mol. The molecular weight excluding hydrogens is 370 g/mol. The smallest absolute Gasteiger partial charge is 0.267 e. The van der Waals surface area contributed by atoms with Gasteiger partial charge >= 0.3 is 0 Å². The molecule has 7 heteroatoms. The molecule has 0 unspecified atom stereocenters. The third kappa shape index (κ3) is 2.82. The van der Waals surface area contributed by atoms with Crippen LogP contribution in [0.1, 0.15) is 6.04 Å². The SMILES string of the molecule is O=c1ccc(-c2ccccc2)nn1C1CN(c2ncc(Br)cn2)C1. The van der Waals surface area contributed by atoms with Crippen molar-refractivity contribution in [3.63, 3.8) is 0 Å². The van der Waals surface area contributed by atoms with Gasteiger partial charge in [-0.3, -0.25) is 4.79 Å². The van der Waals surface area contributed by atoms with Crippen LogP contribution < -0.4 is 10.5 Å². The molecule has 0 saturated carbocycles. The van der Waals surface area contributed by atoms with Crippen LogP contribution in [0.5, 0.6) is 0 Å². The van der Waals surface area contributed by atoms with Crippen LogP contribution in [-0.2, 0) is 0 Å². The van der Waals surface area contributed by atoms with Crippen LogP contribution in [-0.4, -0.2) is 32.8 Å². The summed E-state index contributed by atoms with van der Waals surface area (Å²) >= 11 is 3.32. The summed E-state index contributed by atoms with van der Waals surface area (Å²) in [7, 11) is 0. The third-order valence-electron chi connectivity index (χ3n) is 3.99. The van der Waals surface area contributed by atoms with Gasteiger partial charge in [0.2, 0.25) is 5.95 Å². The van der Waals surface area contributed by atoms with Crippen LogP contribution in [0.15, 0.2) is 64.1 Å². The Labute approximate surface area is 146 Å². The lowest BCUT2D eigenvalue weighted by atomic mass is 10.1. The van der Waals surface area contributed by atoms with E-state index in [4.69, 9.17) is 0 Å². The van der Waals surface area contributed by atoms with Gasteiger partial charge < -0.3 is 4.90 Å². The number of aromatic nitrogens is 4. The highest BCUT2D eigenvalue weighted by molar-refractivity contribution is 9.10. The maximum absolute atomic E-state index is 12.2. The molecule has 0 amide bonds. The minimum absolute atomic E-state index is 0.0356. The van der Waals surface area contributed by atoms with Crippen LogP contribution in [0.2, 0.25) is 0 Å². The van der Waals surface area contributed by atoms with E-state index in [1.807, 2.05) is 35.2 Å². The Morgan fingerprint density at radius 2 is 1.71 bits per heavy atom.